The van der Waals surface area contributed by atoms with Crippen LogP contribution in [0.5, 0.6) is 17.2 Å². The third-order valence-corrected chi connectivity index (χ3v) is 5.56. The molecule has 1 aromatic heterocycles. The molecule has 202 valence electrons. The van der Waals surface area contributed by atoms with E-state index < -0.39 is 42.6 Å². The normalized spacial score (nSPS) is 14.0. The van der Waals surface area contributed by atoms with Crippen LogP contribution in [0, 0.1) is 5.92 Å². The van der Waals surface area contributed by atoms with Crippen LogP contribution in [0.15, 0.2) is 42.6 Å². The van der Waals surface area contributed by atoms with Crippen LogP contribution < -0.4 is 14.2 Å². The molecule has 0 aliphatic carbocycles. The van der Waals surface area contributed by atoms with Gasteiger partial charge in [0.15, 0.2) is 29.1 Å². The predicted octanol–water partition coefficient (Wildman–Crippen LogP) is 4.00. The highest BCUT2D eigenvalue weighted by Crippen LogP contribution is 2.31. The molecule has 0 N–H and O–H groups in total. The molecular weight excluding hydrogens is 482 g/mol. The Labute approximate surface area is 217 Å². The van der Waals surface area contributed by atoms with E-state index in [1.807, 2.05) is 37.3 Å². The number of ketones is 1. The van der Waals surface area contributed by atoms with Gasteiger partial charge >= 0.3 is 11.9 Å². The van der Waals surface area contributed by atoms with E-state index in [1.165, 1.54) is 26.3 Å². The van der Waals surface area contributed by atoms with Crippen LogP contribution in [0.25, 0.3) is 0 Å². The Hall–Kier alpha value is -3.66. The Balaban J connectivity index is 2.11. The molecule has 1 heterocycles. The van der Waals surface area contributed by atoms with E-state index in [1.54, 1.807) is 21.0 Å². The molecule has 0 unspecified atom stereocenters. The quantitative estimate of drug-likeness (QED) is 0.195. The van der Waals surface area contributed by atoms with Gasteiger partial charge < -0.3 is 28.4 Å². The third kappa shape index (κ3) is 8.75. The second-order valence-electron chi connectivity index (χ2n) is 8.34. The number of aromatic nitrogens is 1. The molecule has 0 fully saturated rings. The van der Waals surface area contributed by atoms with Crippen molar-refractivity contribution in [2.45, 2.75) is 58.8 Å². The van der Waals surface area contributed by atoms with Crippen molar-refractivity contribution in [1.82, 2.24) is 4.98 Å². The zero-order valence-electron chi connectivity index (χ0n) is 22.1. The van der Waals surface area contributed by atoms with Crippen LogP contribution in [-0.2, 0) is 23.8 Å². The zero-order valence-corrected chi connectivity index (χ0v) is 22.1. The Bertz CT molecular complexity index is 1020. The molecule has 10 nitrogen and oxygen atoms in total. The number of rotatable bonds is 15. The van der Waals surface area contributed by atoms with Gasteiger partial charge in [-0.05, 0) is 25.5 Å². The molecule has 0 amide bonds. The number of hydrogen-bond donors (Lipinski definition) is 0. The summed E-state index contributed by atoms with van der Waals surface area (Å²) in [5.74, 6) is -1.49. The van der Waals surface area contributed by atoms with Gasteiger partial charge in [0.2, 0.25) is 6.79 Å². The number of nitrogens with zero attached hydrogens (tertiary/aromatic N) is 1. The number of carbonyl (C=O) groups excluding carboxylic acids is 3. The molecule has 0 bridgehead atoms. The average molecular weight is 518 g/mol. The largest absolute Gasteiger partial charge is 0.493 e. The maximum Gasteiger partial charge on any atom is 0.309 e. The number of para-hydroxylation sites is 1. The van der Waals surface area contributed by atoms with E-state index in [-0.39, 0.29) is 29.7 Å². The molecule has 0 saturated carbocycles. The van der Waals surface area contributed by atoms with Crippen molar-refractivity contribution in [3.05, 3.63) is 48.3 Å². The van der Waals surface area contributed by atoms with Crippen LogP contribution >= 0.6 is 0 Å². The highest BCUT2D eigenvalue weighted by atomic mass is 16.7. The van der Waals surface area contributed by atoms with E-state index in [0.29, 0.717) is 12.2 Å². The van der Waals surface area contributed by atoms with Crippen LogP contribution in [0.3, 0.4) is 0 Å². The van der Waals surface area contributed by atoms with Crippen molar-refractivity contribution in [2.24, 2.45) is 5.92 Å². The summed E-state index contributed by atoms with van der Waals surface area (Å²) in [6.45, 7) is 6.08. The minimum atomic E-state index is -0.788. The molecule has 2 rings (SSSR count). The van der Waals surface area contributed by atoms with Crippen molar-refractivity contribution in [3.63, 3.8) is 0 Å². The monoisotopic (exact) mass is 517 g/mol. The van der Waals surface area contributed by atoms with Gasteiger partial charge in [0.1, 0.15) is 11.9 Å². The Morgan fingerprint density at radius 1 is 1.03 bits per heavy atom. The second kappa shape index (κ2) is 14.8. The van der Waals surface area contributed by atoms with Gasteiger partial charge in [0, 0.05) is 32.7 Å². The topological polar surface area (TPSA) is 119 Å². The number of carbonyl (C=O) groups is 3. The van der Waals surface area contributed by atoms with Gasteiger partial charge in [-0.2, -0.15) is 0 Å². The fourth-order valence-electron chi connectivity index (χ4n) is 3.59. The first kappa shape index (κ1) is 29.6. The average Bonchev–Trinajstić information content (AvgIpc) is 2.88. The summed E-state index contributed by atoms with van der Waals surface area (Å²) in [4.78, 5) is 41.1. The lowest BCUT2D eigenvalue weighted by atomic mass is 10.0. The molecule has 0 radical (unpaired) electrons. The maximum absolute atomic E-state index is 13.0. The number of ether oxygens (including phenoxy) is 6. The van der Waals surface area contributed by atoms with Crippen molar-refractivity contribution in [1.29, 1.82) is 0 Å². The first-order valence-electron chi connectivity index (χ1n) is 12.0. The Morgan fingerprint density at radius 2 is 1.73 bits per heavy atom. The lowest BCUT2D eigenvalue weighted by Gasteiger charge is -2.31. The molecule has 4 atom stereocenters. The highest BCUT2D eigenvalue weighted by molar-refractivity contribution is 5.99. The van der Waals surface area contributed by atoms with Gasteiger partial charge in [-0.1, -0.05) is 32.0 Å². The van der Waals surface area contributed by atoms with E-state index in [0.717, 1.165) is 0 Å². The molecule has 1 aromatic carbocycles. The van der Waals surface area contributed by atoms with E-state index in [2.05, 4.69) is 4.98 Å². The smallest absolute Gasteiger partial charge is 0.309 e. The van der Waals surface area contributed by atoms with Gasteiger partial charge in [0.05, 0.1) is 19.1 Å². The van der Waals surface area contributed by atoms with Gasteiger partial charge in [-0.25, -0.2) is 4.98 Å². The van der Waals surface area contributed by atoms with Crippen LogP contribution in [0.1, 0.15) is 51.0 Å². The van der Waals surface area contributed by atoms with Gasteiger partial charge in [-0.3, -0.25) is 14.4 Å². The van der Waals surface area contributed by atoms with Crippen LogP contribution in [0.2, 0.25) is 0 Å². The summed E-state index contributed by atoms with van der Waals surface area (Å²) in [5, 5.41) is 0. The predicted molar refractivity (Wildman–Crippen MR) is 134 cm³/mol. The van der Waals surface area contributed by atoms with E-state index in [4.69, 9.17) is 28.4 Å². The van der Waals surface area contributed by atoms with E-state index >= 15 is 0 Å². The summed E-state index contributed by atoms with van der Waals surface area (Å²) in [5.41, 5.74) is -0.0464. The maximum atomic E-state index is 13.0. The van der Waals surface area contributed by atoms with Crippen molar-refractivity contribution >= 4 is 17.7 Å². The summed E-state index contributed by atoms with van der Waals surface area (Å²) in [6.07, 6.45) is 0.288. The summed E-state index contributed by atoms with van der Waals surface area (Å²) in [7, 11) is 2.98. The van der Waals surface area contributed by atoms with Crippen molar-refractivity contribution in [2.75, 3.05) is 21.0 Å². The fourth-order valence-corrected chi connectivity index (χ4v) is 3.59. The summed E-state index contributed by atoms with van der Waals surface area (Å²) >= 11 is 0. The molecule has 0 aliphatic heterocycles. The number of methoxy groups -OCH3 is 2. The Kier molecular flexibility index (Phi) is 11.8. The molecule has 0 saturated heterocycles. The summed E-state index contributed by atoms with van der Waals surface area (Å²) in [6, 6.07) is 10.7. The SMILES string of the molecule is CC[C@H](OC)[C@@H](Oc1ccccc1)[C@H](C)OC(=O)[C@H](C)CC(=O)c1nccc(OC)c1OCOC(C)=O. The lowest BCUT2D eigenvalue weighted by molar-refractivity contribution is -0.161. The zero-order chi connectivity index (χ0) is 27.4. The van der Waals surface area contributed by atoms with Gasteiger partial charge in [0.25, 0.3) is 0 Å². The minimum absolute atomic E-state index is 0.0207. The third-order valence-electron chi connectivity index (χ3n) is 5.56. The number of hydrogen-bond acceptors (Lipinski definition) is 10. The number of esters is 2. The molecule has 0 aliphatic rings. The van der Waals surface area contributed by atoms with Crippen LogP contribution in [0.4, 0.5) is 0 Å². The van der Waals surface area contributed by atoms with Crippen molar-refractivity contribution in [3.8, 4) is 17.2 Å². The first-order valence-corrected chi connectivity index (χ1v) is 12.0. The van der Waals surface area contributed by atoms with E-state index in [9.17, 15) is 14.4 Å². The second-order valence-corrected chi connectivity index (χ2v) is 8.34. The summed E-state index contributed by atoms with van der Waals surface area (Å²) < 4.78 is 32.8. The standard InChI is InChI=1S/C27H35NO9/c1-7-22(32-5)25(37-20-11-9-8-10-12-20)18(3)36-27(31)17(2)15-21(30)24-26(35-16-34-19(4)29)23(33-6)13-14-28-24/h8-14,17-18,22,25H,7,15-16H2,1-6H3/t17-,18+,22+,25+/m1/s1. The van der Waals surface area contributed by atoms with Gasteiger partial charge in [-0.15, -0.1) is 0 Å². The van der Waals surface area contributed by atoms with Crippen LogP contribution in [-0.4, -0.2) is 62.0 Å². The minimum Gasteiger partial charge on any atom is -0.493 e. The Morgan fingerprint density at radius 3 is 2.32 bits per heavy atom. The number of benzene rings is 1. The molecule has 0 spiro atoms. The van der Waals surface area contributed by atoms with Crippen molar-refractivity contribution < 1.29 is 42.8 Å². The fraction of sp³-hybridized carbons (Fsp3) is 0.481. The first-order chi connectivity index (χ1) is 17.7. The molecular formula is C27H35NO9. The molecule has 2 aromatic rings. The lowest BCUT2D eigenvalue weighted by Crippen LogP contribution is -2.44. The molecule has 10 heteroatoms. The number of pyridine rings is 1. The number of Topliss-reactive ketones (excluding diaryl/α,β-unsaturated/α-hetero) is 1. The highest BCUT2D eigenvalue weighted by Gasteiger charge is 2.33. The molecule has 37 heavy (non-hydrogen) atoms.